The summed E-state index contributed by atoms with van der Waals surface area (Å²) in [5, 5.41) is 10.4. The molecule has 0 radical (unpaired) electrons. The number of anilines is 3. The number of rotatable bonds is 7. The van der Waals surface area contributed by atoms with Crippen molar-refractivity contribution in [2.24, 2.45) is 0 Å². The third kappa shape index (κ3) is 5.30. The lowest BCUT2D eigenvalue weighted by atomic mass is 10.1. The summed E-state index contributed by atoms with van der Waals surface area (Å²) in [5.74, 6) is 2.56. The molecule has 4 rings (SSSR count). The number of carbonyl (C=O) groups is 1. The fraction of sp³-hybridized carbons (Fsp3) is 0.304. The van der Waals surface area contributed by atoms with Gasteiger partial charge in [-0.1, -0.05) is 6.08 Å². The lowest BCUT2D eigenvalue weighted by Gasteiger charge is -2.33. The Morgan fingerprint density at radius 2 is 1.84 bits per heavy atom. The van der Waals surface area contributed by atoms with Crippen molar-refractivity contribution in [3.05, 3.63) is 59.8 Å². The third-order valence-electron chi connectivity index (χ3n) is 5.15. The number of hydrogen-bond acceptors (Lipinski definition) is 8. The van der Waals surface area contributed by atoms with Gasteiger partial charge in [0.15, 0.2) is 11.6 Å². The number of carbonyl (C=O) groups excluding carboxylic acids is 1. The Hall–Kier alpha value is -3.72. The minimum Gasteiger partial charge on any atom is -0.424 e. The highest BCUT2D eigenvalue weighted by Gasteiger charge is 2.18. The Morgan fingerprint density at radius 3 is 2.50 bits per heavy atom. The number of H-pyrrole nitrogens is 1. The summed E-state index contributed by atoms with van der Waals surface area (Å²) in [7, 11) is 2.11. The summed E-state index contributed by atoms with van der Waals surface area (Å²) in [6.45, 7) is 7.42. The molecule has 166 valence electrons. The smallest absolute Gasteiger partial charge is 0.325 e. The standard InChI is InChI=1S/C23H27N7O2/c1-4-5-19(31)17-6-8-18(9-7-17)32-23-25-20(24-21-14-16(2)27-28-21)15-22(26-23)30-12-10-29(3)11-13-30/h4-9,14-15H,10-13H2,1-3H3,(H2,24,25,26,27,28). The molecule has 0 bridgehead atoms. The number of nitrogens with one attached hydrogen (secondary N) is 2. The maximum absolute atomic E-state index is 12.0. The van der Waals surface area contributed by atoms with E-state index >= 15 is 0 Å². The Kier molecular flexibility index (Phi) is 6.46. The molecule has 2 aromatic heterocycles. The summed E-state index contributed by atoms with van der Waals surface area (Å²) in [6.07, 6.45) is 3.26. The van der Waals surface area contributed by atoms with Gasteiger partial charge < -0.3 is 19.9 Å². The van der Waals surface area contributed by atoms with Crippen molar-refractivity contribution in [2.75, 3.05) is 43.4 Å². The molecule has 9 nitrogen and oxygen atoms in total. The van der Waals surface area contributed by atoms with E-state index in [1.165, 1.54) is 6.08 Å². The molecule has 0 atom stereocenters. The maximum Gasteiger partial charge on any atom is 0.325 e. The minimum absolute atomic E-state index is 0.0480. The highest BCUT2D eigenvalue weighted by Crippen LogP contribution is 2.26. The fourth-order valence-corrected chi connectivity index (χ4v) is 3.37. The summed E-state index contributed by atoms with van der Waals surface area (Å²) < 4.78 is 5.95. The van der Waals surface area contributed by atoms with Gasteiger partial charge in [-0.15, -0.1) is 0 Å². The Bertz CT molecular complexity index is 1100. The van der Waals surface area contributed by atoms with Crippen molar-refractivity contribution in [2.45, 2.75) is 13.8 Å². The molecule has 9 heteroatoms. The molecule has 3 heterocycles. The second kappa shape index (κ2) is 9.61. The monoisotopic (exact) mass is 433 g/mol. The normalized spacial score (nSPS) is 14.7. The predicted octanol–water partition coefficient (Wildman–Crippen LogP) is 3.55. The first-order valence-electron chi connectivity index (χ1n) is 10.6. The molecular weight excluding hydrogens is 406 g/mol. The van der Waals surface area contributed by atoms with Gasteiger partial charge in [0, 0.05) is 49.6 Å². The molecule has 1 aliphatic rings. The molecular formula is C23H27N7O2. The Labute approximate surface area is 187 Å². The second-order valence-corrected chi connectivity index (χ2v) is 7.74. The molecule has 0 aliphatic carbocycles. The zero-order valence-electron chi connectivity index (χ0n) is 18.5. The predicted molar refractivity (Wildman–Crippen MR) is 124 cm³/mol. The zero-order chi connectivity index (χ0) is 22.5. The van der Waals surface area contributed by atoms with Crippen LogP contribution in [0.25, 0.3) is 0 Å². The van der Waals surface area contributed by atoms with Crippen molar-refractivity contribution in [1.82, 2.24) is 25.1 Å². The van der Waals surface area contributed by atoms with E-state index in [0.29, 0.717) is 22.9 Å². The van der Waals surface area contributed by atoms with Crippen molar-refractivity contribution >= 4 is 23.2 Å². The minimum atomic E-state index is -0.0480. The number of allylic oxidation sites excluding steroid dienone is 2. The molecule has 3 aromatic rings. The van der Waals surface area contributed by atoms with Crippen LogP contribution in [0.2, 0.25) is 0 Å². The molecule has 2 N–H and O–H groups in total. The Balaban J connectivity index is 1.58. The first-order valence-corrected chi connectivity index (χ1v) is 10.6. The van der Waals surface area contributed by atoms with Crippen LogP contribution < -0.4 is 15.0 Å². The lowest BCUT2D eigenvalue weighted by molar-refractivity contribution is 0.104. The van der Waals surface area contributed by atoms with Crippen molar-refractivity contribution in [1.29, 1.82) is 0 Å². The van der Waals surface area contributed by atoms with Gasteiger partial charge in [-0.25, -0.2) is 0 Å². The number of piperazine rings is 1. The number of aromatic nitrogens is 4. The third-order valence-corrected chi connectivity index (χ3v) is 5.15. The molecule has 1 saturated heterocycles. The number of aryl methyl sites for hydroxylation is 1. The summed E-state index contributed by atoms with van der Waals surface area (Å²) in [4.78, 5) is 25.7. The van der Waals surface area contributed by atoms with E-state index in [1.807, 2.05) is 26.0 Å². The van der Waals surface area contributed by atoms with Crippen LogP contribution in [0.1, 0.15) is 23.0 Å². The van der Waals surface area contributed by atoms with Crippen LogP contribution in [0.4, 0.5) is 17.5 Å². The van der Waals surface area contributed by atoms with E-state index in [4.69, 9.17) is 4.74 Å². The maximum atomic E-state index is 12.0. The number of hydrogen-bond donors (Lipinski definition) is 2. The van der Waals surface area contributed by atoms with Gasteiger partial charge in [-0.3, -0.25) is 9.89 Å². The molecule has 0 spiro atoms. The van der Waals surface area contributed by atoms with Gasteiger partial charge in [0.2, 0.25) is 0 Å². The molecule has 1 aliphatic heterocycles. The van der Waals surface area contributed by atoms with Gasteiger partial charge >= 0.3 is 6.01 Å². The van der Waals surface area contributed by atoms with E-state index in [-0.39, 0.29) is 11.8 Å². The largest absolute Gasteiger partial charge is 0.424 e. The van der Waals surface area contributed by atoms with E-state index in [0.717, 1.165) is 37.7 Å². The first kappa shape index (κ1) is 21.5. The van der Waals surface area contributed by atoms with E-state index in [9.17, 15) is 4.79 Å². The quantitative estimate of drug-likeness (QED) is 0.431. The lowest BCUT2D eigenvalue weighted by Crippen LogP contribution is -2.44. The van der Waals surface area contributed by atoms with E-state index in [2.05, 4.69) is 42.3 Å². The van der Waals surface area contributed by atoms with Gasteiger partial charge in [-0.05, 0) is 51.2 Å². The highest BCUT2D eigenvalue weighted by atomic mass is 16.5. The van der Waals surface area contributed by atoms with Crippen LogP contribution in [0, 0.1) is 6.92 Å². The molecule has 32 heavy (non-hydrogen) atoms. The molecule has 0 amide bonds. The zero-order valence-corrected chi connectivity index (χ0v) is 18.5. The van der Waals surface area contributed by atoms with Gasteiger partial charge in [0.1, 0.15) is 17.4 Å². The summed E-state index contributed by atoms with van der Waals surface area (Å²) >= 11 is 0. The number of likely N-dealkylation sites (N-methyl/N-ethyl adjacent to an activating group) is 1. The van der Waals surface area contributed by atoms with Crippen LogP contribution >= 0.6 is 0 Å². The Morgan fingerprint density at radius 1 is 1.09 bits per heavy atom. The first-order chi connectivity index (χ1) is 15.5. The molecule has 0 unspecified atom stereocenters. The molecule has 1 fully saturated rings. The van der Waals surface area contributed by atoms with Crippen LogP contribution in [0.15, 0.2) is 48.6 Å². The van der Waals surface area contributed by atoms with Crippen molar-refractivity contribution in [3.63, 3.8) is 0 Å². The number of ether oxygens (including phenoxy) is 1. The topological polar surface area (TPSA) is 99.3 Å². The average Bonchev–Trinajstić information content (AvgIpc) is 3.19. The van der Waals surface area contributed by atoms with Crippen LogP contribution in [-0.4, -0.2) is 64.1 Å². The number of aromatic amines is 1. The van der Waals surface area contributed by atoms with E-state index < -0.39 is 0 Å². The van der Waals surface area contributed by atoms with Crippen LogP contribution in [0.3, 0.4) is 0 Å². The number of nitrogens with zero attached hydrogens (tertiary/aromatic N) is 5. The van der Waals surface area contributed by atoms with Crippen molar-refractivity contribution < 1.29 is 9.53 Å². The number of ketones is 1. The molecule has 0 saturated carbocycles. The van der Waals surface area contributed by atoms with Crippen LogP contribution in [-0.2, 0) is 0 Å². The number of benzene rings is 1. The SMILES string of the molecule is CC=CC(=O)c1ccc(Oc2nc(Nc3cc(C)[nH]n3)cc(N3CCN(C)CC3)n2)cc1. The average molecular weight is 434 g/mol. The van der Waals surface area contributed by atoms with Gasteiger partial charge in [-0.2, -0.15) is 15.1 Å². The molecule has 1 aromatic carbocycles. The van der Waals surface area contributed by atoms with Crippen molar-refractivity contribution in [3.8, 4) is 11.8 Å². The van der Waals surface area contributed by atoms with Gasteiger partial charge in [0.05, 0.1) is 0 Å². The van der Waals surface area contributed by atoms with E-state index in [1.54, 1.807) is 30.3 Å². The van der Waals surface area contributed by atoms with Gasteiger partial charge in [0.25, 0.3) is 0 Å². The fourth-order valence-electron chi connectivity index (χ4n) is 3.37. The second-order valence-electron chi connectivity index (χ2n) is 7.74. The highest BCUT2D eigenvalue weighted by molar-refractivity contribution is 6.04. The summed E-state index contributed by atoms with van der Waals surface area (Å²) in [6, 6.07) is 11.0. The summed E-state index contributed by atoms with van der Waals surface area (Å²) in [5.41, 5.74) is 1.55. The van der Waals surface area contributed by atoms with Crippen LogP contribution in [0.5, 0.6) is 11.8 Å².